The Morgan fingerprint density at radius 2 is 2.44 bits per heavy atom. The highest BCUT2D eigenvalue weighted by atomic mass is 16.5. The molecule has 0 aromatic carbocycles. The zero-order valence-electron chi connectivity index (χ0n) is 9.80. The number of rotatable bonds is 4. The molecule has 16 heavy (non-hydrogen) atoms. The summed E-state index contributed by atoms with van der Waals surface area (Å²) in [5.74, 6) is 0.840. The predicted molar refractivity (Wildman–Crippen MR) is 62.2 cm³/mol. The van der Waals surface area contributed by atoms with E-state index >= 15 is 0 Å². The molecule has 5 heteroatoms. The van der Waals surface area contributed by atoms with Gasteiger partial charge < -0.3 is 10.5 Å². The van der Waals surface area contributed by atoms with Gasteiger partial charge in [-0.1, -0.05) is 0 Å². The first-order valence-corrected chi connectivity index (χ1v) is 5.89. The van der Waals surface area contributed by atoms with Crippen molar-refractivity contribution in [2.45, 2.75) is 32.0 Å². The van der Waals surface area contributed by atoms with Crippen LogP contribution in [0.4, 0.5) is 0 Å². The fourth-order valence-corrected chi connectivity index (χ4v) is 2.01. The van der Waals surface area contributed by atoms with Crippen LogP contribution in [0, 0.1) is 0 Å². The molecule has 0 aliphatic carbocycles. The number of nitrogens with two attached hydrogens (primary N) is 1. The Morgan fingerprint density at radius 3 is 3.19 bits per heavy atom. The molecule has 0 radical (unpaired) electrons. The summed E-state index contributed by atoms with van der Waals surface area (Å²) >= 11 is 0. The van der Waals surface area contributed by atoms with E-state index in [0.717, 1.165) is 25.3 Å². The van der Waals surface area contributed by atoms with E-state index in [1.807, 2.05) is 10.9 Å². The summed E-state index contributed by atoms with van der Waals surface area (Å²) in [5, 5.41) is 4.19. The highest BCUT2D eigenvalue weighted by molar-refractivity contribution is 5.12. The number of piperidine rings is 1. The van der Waals surface area contributed by atoms with Crippen molar-refractivity contribution in [2.24, 2.45) is 5.73 Å². The van der Waals surface area contributed by atoms with Gasteiger partial charge in [0.05, 0.1) is 18.9 Å². The lowest BCUT2D eigenvalue weighted by Gasteiger charge is -2.31. The molecule has 1 fully saturated rings. The smallest absolute Gasteiger partial charge is 0.159 e. The van der Waals surface area contributed by atoms with Crippen molar-refractivity contribution in [2.75, 3.05) is 20.1 Å². The van der Waals surface area contributed by atoms with E-state index in [-0.39, 0.29) is 6.23 Å². The SMILES string of the molecule is CN1CCCCC1Oc1cnn(CCN)c1. The Balaban J connectivity index is 1.91. The van der Waals surface area contributed by atoms with Gasteiger partial charge in [0, 0.05) is 13.1 Å². The van der Waals surface area contributed by atoms with Gasteiger partial charge >= 0.3 is 0 Å². The van der Waals surface area contributed by atoms with Gasteiger partial charge in [0.1, 0.15) is 0 Å². The maximum absolute atomic E-state index is 5.90. The molecule has 1 atom stereocenters. The van der Waals surface area contributed by atoms with Crippen LogP contribution in [-0.2, 0) is 6.54 Å². The zero-order valence-corrected chi connectivity index (χ0v) is 9.80. The molecule has 5 nitrogen and oxygen atoms in total. The minimum Gasteiger partial charge on any atom is -0.472 e. The summed E-state index contributed by atoms with van der Waals surface area (Å²) in [6.45, 7) is 2.45. The van der Waals surface area contributed by atoms with Crippen LogP contribution in [0.3, 0.4) is 0 Å². The van der Waals surface area contributed by atoms with Gasteiger partial charge in [0.25, 0.3) is 0 Å². The third-order valence-electron chi connectivity index (χ3n) is 2.94. The Kier molecular flexibility index (Phi) is 3.79. The second kappa shape index (κ2) is 5.32. The Hall–Kier alpha value is -1.07. The molecule has 2 N–H and O–H groups in total. The van der Waals surface area contributed by atoms with Gasteiger partial charge in [-0.05, 0) is 26.3 Å². The summed E-state index contributed by atoms with van der Waals surface area (Å²) in [5.41, 5.74) is 5.47. The standard InChI is InChI=1S/C11H20N4O/c1-14-6-3-2-4-11(14)16-10-8-13-15(9-10)7-5-12/h8-9,11H,2-7,12H2,1H3. The van der Waals surface area contributed by atoms with E-state index in [1.165, 1.54) is 12.8 Å². The molecule has 0 saturated carbocycles. The normalized spacial score (nSPS) is 22.2. The van der Waals surface area contributed by atoms with Crippen LogP contribution in [0.1, 0.15) is 19.3 Å². The monoisotopic (exact) mass is 224 g/mol. The van der Waals surface area contributed by atoms with Crippen molar-refractivity contribution >= 4 is 0 Å². The third-order valence-corrected chi connectivity index (χ3v) is 2.94. The first kappa shape index (κ1) is 11.4. The molecule has 0 amide bonds. The van der Waals surface area contributed by atoms with Crippen molar-refractivity contribution in [3.63, 3.8) is 0 Å². The van der Waals surface area contributed by atoms with Gasteiger partial charge in [0.2, 0.25) is 0 Å². The van der Waals surface area contributed by atoms with Crippen molar-refractivity contribution in [1.82, 2.24) is 14.7 Å². The lowest BCUT2D eigenvalue weighted by Crippen LogP contribution is -2.40. The van der Waals surface area contributed by atoms with Gasteiger partial charge in [-0.3, -0.25) is 9.58 Å². The van der Waals surface area contributed by atoms with Crippen LogP contribution in [0.25, 0.3) is 0 Å². The van der Waals surface area contributed by atoms with Crippen molar-refractivity contribution in [3.05, 3.63) is 12.4 Å². The van der Waals surface area contributed by atoms with Crippen LogP contribution < -0.4 is 10.5 Å². The minimum atomic E-state index is 0.198. The second-order valence-electron chi connectivity index (χ2n) is 4.28. The molecule has 90 valence electrons. The topological polar surface area (TPSA) is 56.3 Å². The quantitative estimate of drug-likeness (QED) is 0.816. The highest BCUT2D eigenvalue weighted by Crippen LogP contribution is 2.19. The minimum absolute atomic E-state index is 0.198. The molecule has 1 aromatic rings. The van der Waals surface area contributed by atoms with Crippen LogP contribution in [0.2, 0.25) is 0 Å². The molecule has 1 aliphatic rings. The number of likely N-dealkylation sites (tertiary alicyclic amines) is 1. The van der Waals surface area contributed by atoms with Crippen LogP contribution in [0.5, 0.6) is 5.75 Å². The first-order chi connectivity index (χ1) is 7.79. The number of ether oxygens (including phenoxy) is 1. The first-order valence-electron chi connectivity index (χ1n) is 5.89. The molecular formula is C11H20N4O. The summed E-state index contributed by atoms with van der Waals surface area (Å²) in [7, 11) is 2.11. The molecule has 1 aliphatic heterocycles. The van der Waals surface area contributed by atoms with E-state index < -0.39 is 0 Å². The van der Waals surface area contributed by atoms with E-state index in [9.17, 15) is 0 Å². The highest BCUT2D eigenvalue weighted by Gasteiger charge is 2.20. The summed E-state index contributed by atoms with van der Waals surface area (Å²) in [6.07, 6.45) is 7.48. The number of hydrogen-bond acceptors (Lipinski definition) is 4. The summed E-state index contributed by atoms with van der Waals surface area (Å²) in [6, 6.07) is 0. The Morgan fingerprint density at radius 1 is 1.56 bits per heavy atom. The summed E-state index contributed by atoms with van der Waals surface area (Å²) in [4.78, 5) is 2.25. The second-order valence-corrected chi connectivity index (χ2v) is 4.28. The predicted octanol–water partition coefficient (Wildman–Crippen LogP) is 0.662. The Labute approximate surface area is 96.2 Å². The van der Waals surface area contributed by atoms with Crippen molar-refractivity contribution < 1.29 is 4.74 Å². The fourth-order valence-electron chi connectivity index (χ4n) is 2.01. The lowest BCUT2D eigenvalue weighted by molar-refractivity contribution is 0.0150. The van der Waals surface area contributed by atoms with Gasteiger partial charge in [-0.15, -0.1) is 0 Å². The van der Waals surface area contributed by atoms with Crippen molar-refractivity contribution in [1.29, 1.82) is 0 Å². The zero-order chi connectivity index (χ0) is 11.4. The molecular weight excluding hydrogens is 204 g/mol. The molecule has 2 heterocycles. The average molecular weight is 224 g/mol. The molecule has 1 saturated heterocycles. The molecule has 0 bridgehead atoms. The van der Waals surface area contributed by atoms with Crippen LogP contribution in [-0.4, -0.2) is 41.0 Å². The number of nitrogens with zero attached hydrogens (tertiary/aromatic N) is 3. The van der Waals surface area contributed by atoms with E-state index in [2.05, 4.69) is 17.0 Å². The average Bonchev–Trinajstić information content (AvgIpc) is 2.70. The van der Waals surface area contributed by atoms with E-state index in [1.54, 1.807) is 6.20 Å². The van der Waals surface area contributed by atoms with Crippen LogP contribution >= 0.6 is 0 Å². The lowest BCUT2D eigenvalue weighted by atomic mass is 10.1. The maximum Gasteiger partial charge on any atom is 0.159 e. The molecule has 0 spiro atoms. The van der Waals surface area contributed by atoms with Gasteiger partial charge in [-0.25, -0.2) is 0 Å². The van der Waals surface area contributed by atoms with Crippen LogP contribution in [0.15, 0.2) is 12.4 Å². The maximum atomic E-state index is 5.90. The molecule has 1 unspecified atom stereocenters. The summed E-state index contributed by atoms with van der Waals surface area (Å²) < 4.78 is 7.71. The Bertz CT molecular complexity index is 326. The van der Waals surface area contributed by atoms with Gasteiger partial charge in [-0.2, -0.15) is 5.10 Å². The van der Waals surface area contributed by atoms with Gasteiger partial charge in [0.15, 0.2) is 12.0 Å². The number of aromatic nitrogens is 2. The largest absolute Gasteiger partial charge is 0.472 e. The van der Waals surface area contributed by atoms with E-state index in [0.29, 0.717) is 6.54 Å². The molecule has 1 aromatic heterocycles. The fraction of sp³-hybridized carbons (Fsp3) is 0.727. The van der Waals surface area contributed by atoms with Crippen molar-refractivity contribution in [3.8, 4) is 5.75 Å². The molecule has 2 rings (SSSR count). The third kappa shape index (κ3) is 2.74. The number of hydrogen-bond donors (Lipinski definition) is 1. The van der Waals surface area contributed by atoms with E-state index in [4.69, 9.17) is 10.5 Å².